The van der Waals surface area contributed by atoms with Gasteiger partial charge >= 0.3 is 0 Å². The molecule has 2 aromatic rings. The summed E-state index contributed by atoms with van der Waals surface area (Å²) in [7, 11) is 3.29. The molecule has 0 radical (unpaired) electrons. The first-order valence-electron chi connectivity index (χ1n) is 6.59. The Morgan fingerprint density at radius 2 is 1.58 bits per heavy atom. The molecule has 0 aliphatic heterocycles. The molecule has 0 amide bonds. The Labute approximate surface area is 113 Å². The average molecular weight is 260 g/mol. The Balaban J connectivity index is 2.61. The molecule has 102 valence electrons. The van der Waals surface area contributed by atoms with Gasteiger partial charge in [0, 0.05) is 0 Å². The Morgan fingerprint density at radius 1 is 1.00 bits per heavy atom. The van der Waals surface area contributed by atoms with Crippen molar-refractivity contribution in [2.75, 3.05) is 14.2 Å². The summed E-state index contributed by atoms with van der Waals surface area (Å²) in [6.07, 6.45) is 3.22. The minimum atomic E-state index is 0.730. The van der Waals surface area contributed by atoms with Crippen LogP contribution >= 0.6 is 0 Å². The highest BCUT2D eigenvalue weighted by Gasteiger charge is 2.13. The lowest BCUT2D eigenvalue weighted by molar-refractivity contribution is 0.409. The quantitative estimate of drug-likeness (QED) is 0.827. The van der Waals surface area contributed by atoms with Crippen molar-refractivity contribution in [1.82, 2.24) is 9.97 Å². The minimum Gasteiger partial charge on any atom is -0.494 e. The van der Waals surface area contributed by atoms with Gasteiger partial charge in [0.2, 0.25) is 0 Å². The second kappa shape index (κ2) is 5.87. The summed E-state index contributed by atoms with van der Waals surface area (Å²) in [5.74, 6) is 1.47. The smallest absolute Gasteiger partial charge is 0.146 e. The third-order valence-electron chi connectivity index (χ3n) is 3.23. The predicted molar refractivity (Wildman–Crippen MR) is 76.0 cm³/mol. The molecular weight excluding hydrogens is 240 g/mol. The molecule has 1 heterocycles. The van der Waals surface area contributed by atoms with E-state index in [1.165, 1.54) is 0 Å². The summed E-state index contributed by atoms with van der Waals surface area (Å²) in [4.78, 5) is 9.36. The molecule has 0 aliphatic rings. The van der Waals surface area contributed by atoms with Crippen LogP contribution in [0.2, 0.25) is 0 Å². The third-order valence-corrected chi connectivity index (χ3v) is 3.23. The number of unbranched alkanes of at least 4 members (excludes halogenated alkanes) is 1. The molecule has 0 atom stereocenters. The molecule has 2 rings (SSSR count). The first-order chi connectivity index (χ1) is 9.21. The molecule has 0 aliphatic carbocycles. The van der Waals surface area contributed by atoms with Crippen molar-refractivity contribution >= 4 is 11.0 Å². The first-order valence-corrected chi connectivity index (χ1v) is 6.59. The van der Waals surface area contributed by atoms with Crippen molar-refractivity contribution in [1.29, 1.82) is 0 Å². The van der Waals surface area contributed by atoms with E-state index < -0.39 is 0 Å². The van der Waals surface area contributed by atoms with Crippen LogP contribution in [-0.2, 0) is 6.42 Å². The zero-order valence-electron chi connectivity index (χ0n) is 12.0. The van der Waals surface area contributed by atoms with Crippen molar-refractivity contribution in [2.45, 2.75) is 33.1 Å². The topological polar surface area (TPSA) is 44.2 Å². The van der Waals surface area contributed by atoms with E-state index in [4.69, 9.17) is 14.5 Å². The molecule has 0 fully saturated rings. The lowest BCUT2D eigenvalue weighted by Crippen LogP contribution is -2.01. The van der Waals surface area contributed by atoms with E-state index in [0.717, 1.165) is 53.2 Å². The van der Waals surface area contributed by atoms with Crippen molar-refractivity contribution in [3.63, 3.8) is 0 Å². The van der Waals surface area contributed by atoms with Crippen LogP contribution in [0.15, 0.2) is 12.1 Å². The normalized spacial score (nSPS) is 10.7. The van der Waals surface area contributed by atoms with Crippen molar-refractivity contribution in [3.05, 3.63) is 23.5 Å². The largest absolute Gasteiger partial charge is 0.494 e. The predicted octanol–water partition coefficient (Wildman–Crippen LogP) is 3.30. The molecule has 0 saturated carbocycles. The molecule has 0 spiro atoms. The van der Waals surface area contributed by atoms with E-state index in [2.05, 4.69) is 11.9 Å². The summed E-state index contributed by atoms with van der Waals surface area (Å²) in [6, 6.07) is 3.73. The van der Waals surface area contributed by atoms with Gasteiger partial charge < -0.3 is 9.47 Å². The zero-order valence-corrected chi connectivity index (χ0v) is 12.0. The molecule has 1 aromatic carbocycles. The third kappa shape index (κ3) is 2.62. The first kappa shape index (κ1) is 13.6. The van der Waals surface area contributed by atoms with Gasteiger partial charge in [0.15, 0.2) is 0 Å². The maximum absolute atomic E-state index is 5.37. The van der Waals surface area contributed by atoms with Crippen LogP contribution in [-0.4, -0.2) is 24.2 Å². The van der Waals surface area contributed by atoms with E-state index in [1.54, 1.807) is 14.2 Å². The monoisotopic (exact) mass is 260 g/mol. The molecular formula is C15H20N2O2. The van der Waals surface area contributed by atoms with E-state index in [9.17, 15) is 0 Å². The number of aromatic nitrogens is 2. The number of nitrogens with zero attached hydrogens (tertiary/aromatic N) is 2. The van der Waals surface area contributed by atoms with Gasteiger partial charge in [-0.1, -0.05) is 13.3 Å². The van der Waals surface area contributed by atoms with Gasteiger partial charge in [-0.25, -0.2) is 9.97 Å². The average Bonchev–Trinajstić information content (AvgIpc) is 2.44. The Kier molecular flexibility index (Phi) is 4.20. The van der Waals surface area contributed by atoms with Gasteiger partial charge in [-0.15, -0.1) is 0 Å². The van der Waals surface area contributed by atoms with Crippen molar-refractivity contribution < 1.29 is 9.47 Å². The van der Waals surface area contributed by atoms with Crippen LogP contribution in [0.25, 0.3) is 11.0 Å². The minimum absolute atomic E-state index is 0.730. The number of fused-ring (bicyclic) bond motifs is 1. The number of hydrogen-bond acceptors (Lipinski definition) is 4. The summed E-state index contributed by atoms with van der Waals surface area (Å²) in [5.41, 5.74) is 3.55. The molecule has 0 N–H and O–H groups in total. The van der Waals surface area contributed by atoms with Crippen molar-refractivity contribution in [2.24, 2.45) is 0 Å². The fourth-order valence-corrected chi connectivity index (χ4v) is 2.12. The van der Waals surface area contributed by atoms with Gasteiger partial charge in [-0.3, -0.25) is 0 Å². The van der Waals surface area contributed by atoms with Crippen LogP contribution in [0.3, 0.4) is 0 Å². The summed E-state index contributed by atoms with van der Waals surface area (Å²) < 4.78 is 10.7. The van der Waals surface area contributed by atoms with E-state index in [0.29, 0.717) is 0 Å². The van der Waals surface area contributed by atoms with Gasteiger partial charge in [0.1, 0.15) is 22.5 Å². The van der Waals surface area contributed by atoms with Crippen LogP contribution < -0.4 is 9.47 Å². The lowest BCUT2D eigenvalue weighted by Gasteiger charge is -2.11. The molecule has 1 aromatic heterocycles. The highest BCUT2D eigenvalue weighted by atomic mass is 16.5. The van der Waals surface area contributed by atoms with Gasteiger partial charge in [-0.05, 0) is 31.9 Å². The molecule has 0 bridgehead atoms. The molecule has 4 heteroatoms. The number of aryl methyl sites for hydroxylation is 2. The molecule has 4 nitrogen and oxygen atoms in total. The Morgan fingerprint density at radius 3 is 2.11 bits per heavy atom. The second-order valence-corrected chi connectivity index (χ2v) is 4.53. The Bertz CT molecular complexity index is 582. The summed E-state index contributed by atoms with van der Waals surface area (Å²) in [6.45, 7) is 4.17. The standard InChI is InChI=1S/C15H20N2O2/c1-5-6-7-11-10(2)16-14-12(18-3)8-9-13(19-4)15(14)17-11/h8-9H,5-7H2,1-4H3. The highest BCUT2D eigenvalue weighted by Crippen LogP contribution is 2.31. The zero-order chi connectivity index (χ0) is 13.8. The number of rotatable bonds is 5. The van der Waals surface area contributed by atoms with Crippen molar-refractivity contribution in [3.8, 4) is 11.5 Å². The number of ether oxygens (including phenoxy) is 2. The van der Waals surface area contributed by atoms with Gasteiger partial charge in [0.25, 0.3) is 0 Å². The number of benzene rings is 1. The SMILES string of the molecule is CCCCc1nc2c(OC)ccc(OC)c2nc1C. The maximum atomic E-state index is 5.37. The number of methoxy groups -OCH3 is 2. The van der Waals surface area contributed by atoms with E-state index >= 15 is 0 Å². The number of hydrogen-bond donors (Lipinski definition) is 0. The Hall–Kier alpha value is -1.84. The van der Waals surface area contributed by atoms with Gasteiger partial charge in [-0.2, -0.15) is 0 Å². The fraction of sp³-hybridized carbons (Fsp3) is 0.467. The van der Waals surface area contributed by atoms with E-state index in [-0.39, 0.29) is 0 Å². The van der Waals surface area contributed by atoms with Crippen LogP contribution in [0, 0.1) is 6.92 Å². The maximum Gasteiger partial charge on any atom is 0.146 e. The highest BCUT2D eigenvalue weighted by molar-refractivity contribution is 5.86. The van der Waals surface area contributed by atoms with Gasteiger partial charge in [0.05, 0.1) is 25.6 Å². The van der Waals surface area contributed by atoms with Crippen LogP contribution in [0.5, 0.6) is 11.5 Å². The summed E-state index contributed by atoms with van der Waals surface area (Å²) >= 11 is 0. The van der Waals surface area contributed by atoms with Crippen LogP contribution in [0.4, 0.5) is 0 Å². The van der Waals surface area contributed by atoms with E-state index in [1.807, 2.05) is 19.1 Å². The molecule has 0 unspecified atom stereocenters. The lowest BCUT2D eigenvalue weighted by atomic mass is 10.1. The molecule has 19 heavy (non-hydrogen) atoms. The fourth-order valence-electron chi connectivity index (χ4n) is 2.12. The molecule has 0 saturated heterocycles. The second-order valence-electron chi connectivity index (χ2n) is 4.53. The summed E-state index contributed by atoms with van der Waals surface area (Å²) in [5, 5.41) is 0. The van der Waals surface area contributed by atoms with Crippen LogP contribution in [0.1, 0.15) is 31.2 Å².